The smallest absolute Gasteiger partial charge is 0.250 e. The van der Waals surface area contributed by atoms with Crippen molar-refractivity contribution in [2.75, 3.05) is 23.4 Å². The average molecular weight is 326 g/mol. The Morgan fingerprint density at radius 3 is 2.48 bits per heavy atom. The van der Waals surface area contributed by atoms with Crippen LogP contribution in [0.1, 0.15) is 6.92 Å². The first-order chi connectivity index (χ1) is 11.1. The van der Waals surface area contributed by atoms with Gasteiger partial charge in [0.1, 0.15) is 0 Å². The zero-order valence-electron chi connectivity index (χ0n) is 13.1. The van der Waals surface area contributed by atoms with Crippen LogP contribution in [0.3, 0.4) is 0 Å². The van der Waals surface area contributed by atoms with Gasteiger partial charge in [0.25, 0.3) is 0 Å². The molecule has 0 aromatic heterocycles. The Kier molecular flexibility index (Phi) is 4.39. The van der Waals surface area contributed by atoms with Gasteiger partial charge in [-0.15, -0.1) is 11.8 Å². The number of fused-ring (bicyclic) bond motifs is 1. The van der Waals surface area contributed by atoms with Crippen molar-refractivity contribution in [1.29, 1.82) is 0 Å². The van der Waals surface area contributed by atoms with Crippen LogP contribution in [0, 0.1) is 0 Å². The number of thioether (sulfide) groups is 1. The van der Waals surface area contributed by atoms with Gasteiger partial charge >= 0.3 is 0 Å². The molecule has 0 bridgehead atoms. The molecular weight excluding hydrogens is 308 g/mol. The van der Waals surface area contributed by atoms with E-state index >= 15 is 0 Å². The maximum Gasteiger partial charge on any atom is 0.250 e. The van der Waals surface area contributed by atoms with Gasteiger partial charge in [-0.1, -0.05) is 30.3 Å². The second-order valence-electron chi connectivity index (χ2n) is 5.28. The maximum absolute atomic E-state index is 12.8. The second-order valence-corrected chi connectivity index (χ2v) is 6.43. The molecule has 1 atom stereocenters. The van der Waals surface area contributed by atoms with Crippen molar-refractivity contribution in [3.8, 4) is 0 Å². The monoisotopic (exact) mass is 326 g/mol. The molecule has 0 spiro atoms. The van der Waals surface area contributed by atoms with Crippen LogP contribution in [0.15, 0.2) is 59.5 Å². The van der Waals surface area contributed by atoms with Crippen LogP contribution in [-0.4, -0.2) is 30.7 Å². The standard InChI is InChI=1S/C18H18N2O2S/c1-3-20-14-11-7-8-12-15(14)23-16(18(20)22)17(21)19(2)13-9-5-4-6-10-13/h4-12,16H,3H2,1-2H3. The lowest BCUT2D eigenvalue weighted by Crippen LogP contribution is -2.48. The minimum absolute atomic E-state index is 0.149. The number of para-hydroxylation sites is 2. The van der Waals surface area contributed by atoms with E-state index in [0.717, 1.165) is 16.3 Å². The first-order valence-electron chi connectivity index (χ1n) is 7.53. The van der Waals surface area contributed by atoms with E-state index < -0.39 is 5.25 Å². The molecule has 2 amide bonds. The zero-order chi connectivity index (χ0) is 16.4. The molecule has 2 aromatic carbocycles. The number of amides is 2. The molecule has 1 heterocycles. The number of anilines is 2. The van der Waals surface area contributed by atoms with E-state index in [1.165, 1.54) is 11.8 Å². The van der Waals surface area contributed by atoms with E-state index in [0.29, 0.717) is 6.54 Å². The predicted octanol–water partition coefficient (Wildman–Crippen LogP) is 3.18. The number of hydrogen-bond donors (Lipinski definition) is 0. The third kappa shape index (κ3) is 2.84. The Morgan fingerprint density at radius 1 is 1.13 bits per heavy atom. The van der Waals surface area contributed by atoms with Crippen LogP contribution in [0.2, 0.25) is 0 Å². The van der Waals surface area contributed by atoms with Crippen molar-refractivity contribution in [2.45, 2.75) is 17.1 Å². The normalized spacial score (nSPS) is 16.9. The van der Waals surface area contributed by atoms with Crippen molar-refractivity contribution in [2.24, 2.45) is 0 Å². The highest BCUT2D eigenvalue weighted by Gasteiger charge is 2.39. The minimum atomic E-state index is -0.741. The summed E-state index contributed by atoms with van der Waals surface area (Å²) < 4.78 is 0. The Hall–Kier alpha value is -2.27. The number of nitrogens with zero attached hydrogens (tertiary/aromatic N) is 2. The highest BCUT2D eigenvalue weighted by molar-refractivity contribution is 8.01. The molecule has 1 unspecified atom stereocenters. The molecule has 2 aromatic rings. The van der Waals surface area contributed by atoms with Gasteiger partial charge in [0.15, 0.2) is 5.25 Å². The molecule has 0 fully saturated rings. The lowest BCUT2D eigenvalue weighted by atomic mass is 10.2. The molecule has 0 radical (unpaired) electrons. The van der Waals surface area contributed by atoms with Gasteiger partial charge in [-0.25, -0.2) is 0 Å². The summed E-state index contributed by atoms with van der Waals surface area (Å²) in [4.78, 5) is 29.8. The van der Waals surface area contributed by atoms with Crippen LogP contribution < -0.4 is 9.80 Å². The molecule has 118 valence electrons. The van der Waals surface area contributed by atoms with Crippen LogP contribution in [0.4, 0.5) is 11.4 Å². The molecule has 0 saturated heterocycles. The first-order valence-corrected chi connectivity index (χ1v) is 8.41. The summed E-state index contributed by atoms with van der Waals surface area (Å²) in [6.45, 7) is 2.47. The molecule has 0 saturated carbocycles. The fraction of sp³-hybridized carbons (Fsp3) is 0.222. The Labute approximate surface area is 140 Å². The number of benzene rings is 2. The van der Waals surface area contributed by atoms with Crippen LogP contribution in [0.5, 0.6) is 0 Å². The van der Waals surface area contributed by atoms with E-state index in [2.05, 4.69) is 0 Å². The zero-order valence-corrected chi connectivity index (χ0v) is 13.9. The third-order valence-electron chi connectivity index (χ3n) is 3.91. The highest BCUT2D eigenvalue weighted by atomic mass is 32.2. The van der Waals surface area contributed by atoms with Crippen molar-refractivity contribution in [3.63, 3.8) is 0 Å². The van der Waals surface area contributed by atoms with Crippen molar-refractivity contribution in [1.82, 2.24) is 0 Å². The van der Waals surface area contributed by atoms with Crippen LogP contribution in [-0.2, 0) is 9.59 Å². The lowest BCUT2D eigenvalue weighted by molar-refractivity contribution is -0.125. The van der Waals surface area contributed by atoms with Gasteiger partial charge in [-0.2, -0.15) is 0 Å². The lowest BCUT2D eigenvalue weighted by Gasteiger charge is -2.33. The fourth-order valence-electron chi connectivity index (χ4n) is 2.65. The third-order valence-corrected chi connectivity index (χ3v) is 5.14. The molecular formula is C18H18N2O2S. The van der Waals surface area contributed by atoms with Crippen LogP contribution in [0.25, 0.3) is 0 Å². The Morgan fingerprint density at radius 2 is 1.78 bits per heavy atom. The average Bonchev–Trinajstić information content (AvgIpc) is 2.61. The fourth-order valence-corrected chi connectivity index (χ4v) is 3.85. The summed E-state index contributed by atoms with van der Waals surface area (Å²) in [6, 6.07) is 17.1. The maximum atomic E-state index is 12.8. The Balaban J connectivity index is 1.91. The number of carbonyl (C=O) groups is 2. The molecule has 0 aliphatic carbocycles. The number of hydrogen-bond acceptors (Lipinski definition) is 3. The van der Waals surface area contributed by atoms with E-state index in [9.17, 15) is 9.59 Å². The highest BCUT2D eigenvalue weighted by Crippen LogP contribution is 2.39. The molecule has 5 heteroatoms. The van der Waals surface area contributed by atoms with Crippen LogP contribution >= 0.6 is 11.8 Å². The Bertz CT molecular complexity index is 733. The van der Waals surface area contributed by atoms with E-state index in [1.807, 2.05) is 61.5 Å². The predicted molar refractivity (Wildman–Crippen MR) is 94.0 cm³/mol. The molecule has 3 rings (SSSR count). The van der Waals surface area contributed by atoms with E-state index in [1.54, 1.807) is 16.8 Å². The SMILES string of the molecule is CCN1C(=O)C(C(=O)N(C)c2ccccc2)Sc2ccccc21. The second kappa shape index (κ2) is 6.46. The molecule has 4 nitrogen and oxygen atoms in total. The van der Waals surface area contributed by atoms with Crippen molar-refractivity contribution < 1.29 is 9.59 Å². The molecule has 0 N–H and O–H groups in total. The summed E-state index contributed by atoms with van der Waals surface area (Å²) in [6.07, 6.45) is 0. The quantitative estimate of drug-likeness (QED) is 0.814. The minimum Gasteiger partial charge on any atom is -0.314 e. The van der Waals surface area contributed by atoms with E-state index in [-0.39, 0.29) is 11.8 Å². The van der Waals surface area contributed by atoms with Gasteiger partial charge < -0.3 is 9.80 Å². The topological polar surface area (TPSA) is 40.6 Å². The summed E-state index contributed by atoms with van der Waals surface area (Å²) in [7, 11) is 1.71. The molecule has 23 heavy (non-hydrogen) atoms. The van der Waals surface area contributed by atoms with E-state index in [4.69, 9.17) is 0 Å². The van der Waals surface area contributed by atoms with Gasteiger partial charge in [0, 0.05) is 24.2 Å². The summed E-state index contributed by atoms with van der Waals surface area (Å²) in [5.74, 6) is -0.344. The first kappa shape index (κ1) is 15.6. The molecule has 1 aliphatic rings. The van der Waals surface area contributed by atoms with Crippen molar-refractivity contribution >= 4 is 35.0 Å². The summed E-state index contributed by atoms with van der Waals surface area (Å²) in [5, 5.41) is -0.741. The molecule has 1 aliphatic heterocycles. The van der Waals surface area contributed by atoms with Crippen molar-refractivity contribution in [3.05, 3.63) is 54.6 Å². The number of carbonyl (C=O) groups excluding carboxylic acids is 2. The van der Waals surface area contributed by atoms with Gasteiger partial charge in [-0.05, 0) is 31.2 Å². The van der Waals surface area contributed by atoms with Gasteiger partial charge in [-0.3, -0.25) is 9.59 Å². The largest absolute Gasteiger partial charge is 0.314 e. The summed E-state index contributed by atoms with van der Waals surface area (Å²) in [5.41, 5.74) is 1.67. The van der Waals surface area contributed by atoms with Gasteiger partial charge in [0.2, 0.25) is 11.8 Å². The summed E-state index contributed by atoms with van der Waals surface area (Å²) >= 11 is 1.33. The van der Waals surface area contributed by atoms with Gasteiger partial charge in [0.05, 0.1) is 5.69 Å². The number of rotatable bonds is 3.